The van der Waals surface area contributed by atoms with E-state index in [1.54, 1.807) is 4.90 Å². The summed E-state index contributed by atoms with van der Waals surface area (Å²) in [6, 6.07) is 0.513. The molecule has 0 heterocycles. The Hall–Kier alpha value is -0.570. The van der Waals surface area contributed by atoms with E-state index in [1.807, 2.05) is 27.9 Å². The number of carbonyl (C=O) groups excluding carboxylic acids is 1. The molecule has 1 rings (SSSR count). The fourth-order valence-corrected chi connectivity index (χ4v) is 2.47. The minimum atomic E-state index is -0.432. The molecule has 1 fully saturated rings. The molecule has 0 spiro atoms. The molecule has 15 heavy (non-hydrogen) atoms. The van der Waals surface area contributed by atoms with Crippen LogP contribution in [0, 0.1) is 5.92 Å². The summed E-state index contributed by atoms with van der Waals surface area (Å²) in [5.41, 5.74) is -0.432. The highest BCUT2D eigenvalue weighted by Gasteiger charge is 2.33. The number of nitrogens with one attached hydrogen (secondary N) is 1. The second kappa shape index (κ2) is 4.52. The molecule has 3 heteroatoms. The molecule has 1 aliphatic carbocycles. The standard InChI is InChI=1S/C12H24N2O/c1-9-6-7-10(8-9)13-12(2,3)11(15)14(4)5/h9-10,13H,6-8H2,1-5H3. The van der Waals surface area contributed by atoms with Gasteiger partial charge in [-0.2, -0.15) is 0 Å². The van der Waals surface area contributed by atoms with Crippen LogP contribution >= 0.6 is 0 Å². The molecular formula is C12H24N2O. The van der Waals surface area contributed by atoms with Crippen molar-refractivity contribution in [3.8, 4) is 0 Å². The Morgan fingerprint density at radius 1 is 1.33 bits per heavy atom. The first kappa shape index (κ1) is 12.5. The quantitative estimate of drug-likeness (QED) is 0.771. The SMILES string of the molecule is CC1CCC(NC(C)(C)C(=O)N(C)C)C1. The van der Waals surface area contributed by atoms with Gasteiger partial charge in [0.25, 0.3) is 0 Å². The predicted molar refractivity (Wildman–Crippen MR) is 62.7 cm³/mol. The lowest BCUT2D eigenvalue weighted by Crippen LogP contribution is -2.55. The molecule has 2 unspecified atom stereocenters. The first-order valence-corrected chi connectivity index (χ1v) is 5.82. The molecule has 1 aliphatic rings. The number of nitrogens with zero attached hydrogens (tertiary/aromatic N) is 1. The van der Waals surface area contributed by atoms with Crippen LogP contribution in [0.25, 0.3) is 0 Å². The van der Waals surface area contributed by atoms with Crippen molar-refractivity contribution >= 4 is 5.91 Å². The highest BCUT2D eigenvalue weighted by atomic mass is 16.2. The molecule has 0 aromatic carbocycles. The van der Waals surface area contributed by atoms with E-state index in [0.29, 0.717) is 6.04 Å². The molecule has 0 bridgehead atoms. The summed E-state index contributed by atoms with van der Waals surface area (Å²) in [5.74, 6) is 0.954. The number of carbonyl (C=O) groups is 1. The van der Waals surface area contributed by atoms with Crippen molar-refractivity contribution in [1.82, 2.24) is 10.2 Å². The van der Waals surface area contributed by atoms with Crippen LogP contribution in [0.4, 0.5) is 0 Å². The van der Waals surface area contributed by atoms with Gasteiger partial charge in [-0.1, -0.05) is 6.92 Å². The van der Waals surface area contributed by atoms with E-state index in [-0.39, 0.29) is 5.91 Å². The van der Waals surface area contributed by atoms with Crippen molar-refractivity contribution in [2.45, 2.75) is 51.6 Å². The zero-order valence-electron chi connectivity index (χ0n) is 10.6. The molecule has 1 amide bonds. The highest BCUT2D eigenvalue weighted by Crippen LogP contribution is 2.26. The lowest BCUT2D eigenvalue weighted by molar-refractivity contribution is -0.134. The Morgan fingerprint density at radius 3 is 2.33 bits per heavy atom. The molecule has 2 atom stereocenters. The van der Waals surface area contributed by atoms with E-state index in [4.69, 9.17) is 0 Å². The molecule has 0 aliphatic heterocycles. The smallest absolute Gasteiger partial charge is 0.241 e. The van der Waals surface area contributed by atoms with E-state index in [9.17, 15) is 4.79 Å². The largest absolute Gasteiger partial charge is 0.347 e. The maximum absolute atomic E-state index is 11.9. The van der Waals surface area contributed by atoms with Crippen LogP contribution in [0.3, 0.4) is 0 Å². The zero-order chi connectivity index (χ0) is 11.6. The lowest BCUT2D eigenvalue weighted by Gasteiger charge is -2.31. The van der Waals surface area contributed by atoms with Gasteiger partial charge in [0.05, 0.1) is 5.54 Å². The Bertz CT molecular complexity index is 236. The minimum Gasteiger partial charge on any atom is -0.347 e. The average molecular weight is 212 g/mol. The summed E-state index contributed by atoms with van der Waals surface area (Å²) in [6.45, 7) is 6.22. The molecule has 0 aromatic rings. The summed E-state index contributed by atoms with van der Waals surface area (Å²) < 4.78 is 0. The second-order valence-electron chi connectivity index (χ2n) is 5.58. The summed E-state index contributed by atoms with van der Waals surface area (Å²) in [5, 5.41) is 3.48. The molecule has 88 valence electrons. The van der Waals surface area contributed by atoms with Crippen LogP contribution in [0.1, 0.15) is 40.0 Å². The van der Waals surface area contributed by atoms with E-state index < -0.39 is 5.54 Å². The fraction of sp³-hybridized carbons (Fsp3) is 0.917. The molecule has 0 aromatic heterocycles. The number of likely N-dealkylation sites (N-methyl/N-ethyl adjacent to an activating group) is 1. The van der Waals surface area contributed by atoms with Gasteiger partial charge in [-0.25, -0.2) is 0 Å². The zero-order valence-corrected chi connectivity index (χ0v) is 10.6. The van der Waals surface area contributed by atoms with Gasteiger partial charge in [0.2, 0.25) is 5.91 Å². The Labute approximate surface area is 93.2 Å². The van der Waals surface area contributed by atoms with Gasteiger partial charge in [0, 0.05) is 20.1 Å². The van der Waals surface area contributed by atoms with Gasteiger partial charge in [0.1, 0.15) is 0 Å². The Kier molecular flexibility index (Phi) is 3.77. The molecular weight excluding hydrogens is 188 g/mol. The lowest BCUT2D eigenvalue weighted by atomic mass is 10.0. The summed E-state index contributed by atoms with van der Waals surface area (Å²) in [7, 11) is 3.62. The van der Waals surface area contributed by atoms with Crippen LogP contribution in [0.15, 0.2) is 0 Å². The summed E-state index contributed by atoms with van der Waals surface area (Å²) >= 11 is 0. The molecule has 0 saturated heterocycles. The van der Waals surface area contributed by atoms with Crippen molar-refractivity contribution in [3.63, 3.8) is 0 Å². The van der Waals surface area contributed by atoms with E-state index in [2.05, 4.69) is 12.2 Å². The highest BCUT2D eigenvalue weighted by molar-refractivity contribution is 5.85. The summed E-state index contributed by atoms with van der Waals surface area (Å²) in [4.78, 5) is 13.6. The third-order valence-electron chi connectivity index (χ3n) is 3.20. The minimum absolute atomic E-state index is 0.155. The van der Waals surface area contributed by atoms with Crippen molar-refractivity contribution in [1.29, 1.82) is 0 Å². The van der Waals surface area contributed by atoms with Gasteiger partial charge < -0.3 is 10.2 Å². The van der Waals surface area contributed by atoms with Crippen molar-refractivity contribution in [2.24, 2.45) is 5.92 Å². The Morgan fingerprint density at radius 2 is 1.93 bits per heavy atom. The first-order valence-electron chi connectivity index (χ1n) is 5.82. The fourth-order valence-electron chi connectivity index (χ4n) is 2.47. The first-order chi connectivity index (χ1) is 6.83. The molecule has 1 saturated carbocycles. The molecule has 0 radical (unpaired) electrons. The third kappa shape index (κ3) is 3.20. The van der Waals surface area contributed by atoms with Gasteiger partial charge >= 0.3 is 0 Å². The third-order valence-corrected chi connectivity index (χ3v) is 3.20. The average Bonchev–Trinajstić information content (AvgIpc) is 2.48. The van der Waals surface area contributed by atoms with Crippen LogP contribution in [-0.2, 0) is 4.79 Å². The number of hydrogen-bond donors (Lipinski definition) is 1. The number of amides is 1. The monoisotopic (exact) mass is 212 g/mol. The van der Waals surface area contributed by atoms with Crippen LogP contribution < -0.4 is 5.32 Å². The van der Waals surface area contributed by atoms with Gasteiger partial charge in [-0.05, 0) is 39.0 Å². The molecule has 3 nitrogen and oxygen atoms in total. The van der Waals surface area contributed by atoms with Gasteiger partial charge in [0.15, 0.2) is 0 Å². The number of rotatable bonds is 3. The van der Waals surface area contributed by atoms with E-state index in [0.717, 1.165) is 5.92 Å². The molecule has 1 N–H and O–H groups in total. The van der Waals surface area contributed by atoms with E-state index >= 15 is 0 Å². The maximum atomic E-state index is 11.9. The summed E-state index contributed by atoms with van der Waals surface area (Å²) in [6.07, 6.45) is 3.68. The number of hydrogen-bond acceptors (Lipinski definition) is 2. The predicted octanol–water partition coefficient (Wildman–Crippen LogP) is 1.63. The maximum Gasteiger partial charge on any atom is 0.241 e. The van der Waals surface area contributed by atoms with E-state index in [1.165, 1.54) is 19.3 Å². The van der Waals surface area contributed by atoms with Crippen LogP contribution in [0.2, 0.25) is 0 Å². The van der Waals surface area contributed by atoms with Crippen molar-refractivity contribution < 1.29 is 4.79 Å². The topological polar surface area (TPSA) is 32.3 Å². The van der Waals surface area contributed by atoms with Gasteiger partial charge in [-0.15, -0.1) is 0 Å². The van der Waals surface area contributed by atoms with Crippen molar-refractivity contribution in [2.75, 3.05) is 14.1 Å². The Balaban J connectivity index is 2.52. The normalized spacial score (nSPS) is 26.7. The van der Waals surface area contributed by atoms with Crippen LogP contribution in [0.5, 0.6) is 0 Å². The van der Waals surface area contributed by atoms with Crippen molar-refractivity contribution in [3.05, 3.63) is 0 Å². The van der Waals surface area contributed by atoms with Crippen LogP contribution in [-0.4, -0.2) is 36.5 Å². The van der Waals surface area contributed by atoms with Gasteiger partial charge in [-0.3, -0.25) is 4.79 Å². The second-order valence-corrected chi connectivity index (χ2v) is 5.58.